The second-order valence-corrected chi connectivity index (χ2v) is 6.55. The highest BCUT2D eigenvalue weighted by Gasteiger charge is 2.19. The van der Waals surface area contributed by atoms with Gasteiger partial charge in [0.15, 0.2) is 11.3 Å². The molecule has 28 heavy (non-hydrogen) atoms. The molecule has 2 aromatic heterocycles. The van der Waals surface area contributed by atoms with E-state index in [2.05, 4.69) is 21.9 Å². The van der Waals surface area contributed by atoms with E-state index in [0.29, 0.717) is 35.9 Å². The first-order valence-corrected chi connectivity index (χ1v) is 9.59. The number of hydrogen-bond donors (Lipinski definition) is 2. The summed E-state index contributed by atoms with van der Waals surface area (Å²) in [7, 11) is 0. The van der Waals surface area contributed by atoms with Crippen LogP contribution in [0, 0.1) is 0 Å². The zero-order valence-corrected chi connectivity index (χ0v) is 16.2. The predicted octanol–water partition coefficient (Wildman–Crippen LogP) is 2.73. The summed E-state index contributed by atoms with van der Waals surface area (Å²) < 4.78 is 6.87. The minimum atomic E-state index is -0.692. The van der Waals surface area contributed by atoms with Gasteiger partial charge in [-0.1, -0.05) is 26.2 Å². The predicted molar refractivity (Wildman–Crippen MR) is 107 cm³/mol. The molecule has 0 saturated carbocycles. The topological polar surface area (TPSA) is 116 Å². The third-order valence-electron chi connectivity index (χ3n) is 4.48. The molecule has 0 unspecified atom stereocenters. The Morgan fingerprint density at radius 2 is 1.89 bits per heavy atom. The van der Waals surface area contributed by atoms with E-state index < -0.39 is 11.6 Å². The van der Waals surface area contributed by atoms with Crippen LogP contribution in [0.15, 0.2) is 29.1 Å². The van der Waals surface area contributed by atoms with Crippen molar-refractivity contribution in [1.82, 2.24) is 19.5 Å². The normalized spacial score (nSPS) is 11.1. The van der Waals surface area contributed by atoms with E-state index in [1.165, 1.54) is 4.57 Å². The van der Waals surface area contributed by atoms with E-state index in [1.807, 2.05) is 6.92 Å². The van der Waals surface area contributed by atoms with Gasteiger partial charge < -0.3 is 15.5 Å². The van der Waals surface area contributed by atoms with Crippen molar-refractivity contribution in [3.05, 3.63) is 46.3 Å². The number of nitrogens with two attached hydrogens (primary N) is 1. The van der Waals surface area contributed by atoms with Crippen LogP contribution in [0.4, 0.5) is 0 Å². The van der Waals surface area contributed by atoms with Crippen LogP contribution >= 0.6 is 0 Å². The number of unbranched alkanes of at least 4 members (excludes halogenated alkanes) is 3. The molecular weight excluding hydrogens is 358 g/mol. The smallest absolute Gasteiger partial charge is 0.332 e. The third kappa shape index (κ3) is 4.05. The molecule has 1 amide bonds. The van der Waals surface area contributed by atoms with Crippen molar-refractivity contribution in [3.8, 4) is 11.4 Å². The maximum absolute atomic E-state index is 12.6. The molecule has 0 aliphatic carbocycles. The van der Waals surface area contributed by atoms with Crippen molar-refractivity contribution in [3.63, 3.8) is 0 Å². The second-order valence-electron chi connectivity index (χ2n) is 6.55. The molecule has 3 aromatic rings. The van der Waals surface area contributed by atoms with Crippen molar-refractivity contribution in [2.75, 3.05) is 6.61 Å². The van der Waals surface area contributed by atoms with Gasteiger partial charge in [-0.15, -0.1) is 0 Å². The SMILES string of the molecule is CCCCCCc1nc(C(N)=O)c2[nH]c(=O)n(-c3ccc(OCC)cc3)c2n1. The number of imidazole rings is 1. The minimum absolute atomic E-state index is 0.0391. The highest BCUT2D eigenvalue weighted by molar-refractivity contribution is 6.01. The van der Waals surface area contributed by atoms with Gasteiger partial charge in [0, 0.05) is 6.42 Å². The van der Waals surface area contributed by atoms with Gasteiger partial charge in [-0.2, -0.15) is 0 Å². The number of aromatic nitrogens is 4. The van der Waals surface area contributed by atoms with Crippen LogP contribution in [0.3, 0.4) is 0 Å². The molecular formula is C20H25N5O3. The van der Waals surface area contributed by atoms with Crippen LogP contribution < -0.4 is 16.2 Å². The fourth-order valence-corrected chi connectivity index (χ4v) is 3.13. The molecule has 0 aliphatic rings. The Hall–Kier alpha value is -3.16. The Labute approximate surface area is 162 Å². The fourth-order valence-electron chi connectivity index (χ4n) is 3.13. The second kappa shape index (κ2) is 8.69. The Morgan fingerprint density at radius 3 is 2.54 bits per heavy atom. The van der Waals surface area contributed by atoms with Crippen molar-refractivity contribution in [2.24, 2.45) is 5.73 Å². The molecule has 0 saturated heterocycles. The van der Waals surface area contributed by atoms with Gasteiger partial charge in [0.25, 0.3) is 5.91 Å². The van der Waals surface area contributed by atoms with Crippen LogP contribution in [0.25, 0.3) is 16.9 Å². The number of carbonyl (C=O) groups is 1. The maximum atomic E-state index is 12.6. The molecule has 0 atom stereocenters. The maximum Gasteiger partial charge on any atom is 0.332 e. The van der Waals surface area contributed by atoms with Crippen molar-refractivity contribution < 1.29 is 9.53 Å². The molecule has 0 fully saturated rings. The van der Waals surface area contributed by atoms with E-state index in [1.54, 1.807) is 24.3 Å². The lowest BCUT2D eigenvalue weighted by molar-refractivity contribution is 0.0996. The summed E-state index contributed by atoms with van der Waals surface area (Å²) in [4.78, 5) is 36.0. The molecule has 3 rings (SSSR count). The summed E-state index contributed by atoms with van der Waals surface area (Å²) in [5.41, 5.74) is 6.36. The highest BCUT2D eigenvalue weighted by Crippen LogP contribution is 2.20. The van der Waals surface area contributed by atoms with E-state index >= 15 is 0 Å². The van der Waals surface area contributed by atoms with E-state index in [-0.39, 0.29) is 11.2 Å². The largest absolute Gasteiger partial charge is 0.494 e. The summed E-state index contributed by atoms with van der Waals surface area (Å²) >= 11 is 0. The number of aryl methyl sites for hydroxylation is 1. The number of nitrogens with zero attached hydrogens (tertiary/aromatic N) is 3. The fraction of sp³-hybridized carbons (Fsp3) is 0.400. The molecule has 8 nitrogen and oxygen atoms in total. The zero-order valence-electron chi connectivity index (χ0n) is 16.2. The third-order valence-corrected chi connectivity index (χ3v) is 4.48. The van der Waals surface area contributed by atoms with Crippen LogP contribution in [0.1, 0.15) is 55.8 Å². The summed E-state index contributed by atoms with van der Waals surface area (Å²) in [6.45, 7) is 4.61. The molecule has 0 spiro atoms. The van der Waals surface area contributed by atoms with Gasteiger partial charge in [0.1, 0.15) is 17.1 Å². The number of aromatic amines is 1. The quantitative estimate of drug-likeness (QED) is 0.551. The van der Waals surface area contributed by atoms with Crippen LogP contribution in [0.2, 0.25) is 0 Å². The monoisotopic (exact) mass is 383 g/mol. The molecule has 148 valence electrons. The lowest BCUT2D eigenvalue weighted by atomic mass is 10.1. The minimum Gasteiger partial charge on any atom is -0.494 e. The van der Waals surface area contributed by atoms with Gasteiger partial charge >= 0.3 is 5.69 Å². The van der Waals surface area contributed by atoms with Crippen LogP contribution in [0.5, 0.6) is 5.75 Å². The van der Waals surface area contributed by atoms with Gasteiger partial charge in [-0.3, -0.25) is 4.79 Å². The van der Waals surface area contributed by atoms with Crippen LogP contribution in [-0.4, -0.2) is 32.0 Å². The van der Waals surface area contributed by atoms with Gasteiger partial charge in [0.2, 0.25) is 0 Å². The highest BCUT2D eigenvalue weighted by atomic mass is 16.5. The van der Waals surface area contributed by atoms with Gasteiger partial charge in [-0.25, -0.2) is 19.3 Å². The first-order chi connectivity index (χ1) is 13.5. The number of primary amides is 1. The number of benzene rings is 1. The summed E-state index contributed by atoms with van der Waals surface area (Å²) in [5, 5.41) is 0. The number of rotatable bonds is 9. The molecule has 3 N–H and O–H groups in total. The summed E-state index contributed by atoms with van der Waals surface area (Å²) in [5.74, 6) is 0.529. The zero-order chi connectivity index (χ0) is 20.1. The summed E-state index contributed by atoms with van der Waals surface area (Å²) in [6.07, 6.45) is 4.85. The number of amides is 1. The Bertz CT molecular complexity index is 1020. The number of hydrogen-bond acceptors (Lipinski definition) is 5. The number of ether oxygens (including phenoxy) is 1. The molecule has 8 heteroatoms. The first-order valence-electron chi connectivity index (χ1n) is 9.59. The molecule has 0 bridgehead atoms. The van der Waals surface area contributed by atoms with E-state index in [9.17, 15) is 9.59 Å². The van der Waals surface area contributed by atoms with E-state index in [0.717, 1.165) is 25.7 Å². The summed E-state index contributed by atoms with van der Waals surface area (Å²) in [6, 6.07) is 7.11. The number of nitrogens with one attached hydrogen (secondary N) is 1. The molecule has 2 heterocycles. The van der Waals surface area contributed by atoms with Gasteiger partial charge in [-0.05, 0) is 37.6 Å². The number of carbonyl (C=O) groups excluding carboxylic acids is 1. The van der Waals surface area contributed by atoms with Crippen molar-refractivity contribution in [1.29, 1.82) is 0 Å². The molecule has 1 aromatic carbocycles. The van der Waals surface area contributed by atoms with Crippen molar-refractivity contribution >= 4 is 17.1 Å². The Morgan fingerprint density at radius 1 is 1.14 bits per heavy atom. The lowest BCUT2D eigenvalue weighted by Crippen LogP contribution is -2.16. The Kier molecular flexibility index (Phi) is 6.08. The first kappa shape index (κ1) is 19.6. The standard InChI is InChI=1S/C20H25N5O3/c1-3-5-6-7-8-15-22-16(18(21)26)17-19(23-15)25(20(27)24-17)13-9-11-14(12-10-13)28-4-2/h9-12H,3-8H2,1-2H3,(H2,21,26)(H,24,27). The van der Waals surface area contributed by atoms with Gasteiger partial charge in [0.05, 0.1) is 12.3 Å². The lowest BCUT2D eigenvalue weighted by Gasteiger charge is -2.07. The average Bonchev–Trinajstić information content (AvgIpc) is 3.01. The van der Waals surface area contributed by atoms with E-state index in [4.69, 9.17) is 10.5 Å². The molecule has 0 aliphatic heterocycles. The van der Waals surface area contributed by atoms with Crippen molar-refractivity contribution in [2.45, 2.75) is 46.0 Å². The number of fused-ring (bicyclic) bond motifs is 1. The Balaban J connectivity index is 2.07. The number of H-pyrrole nitrogens is 1. The average molecular weight is 383 g/mol. The molecule has 0 radical (unpaired) electrons. The van der Waals surface area contributed by atoms with Crippen LogP contribution in [-0.2, 0) is 6.42 Å².